The van der Waals surface area contributed by atoms with Crippen LogP contribution in [0.4, 0.5) is 5.69 Å². The first-order chi connectivity index (χ1) is 8.08. The van der Waals surface area contributed by atoms with Gasteiger partial charge in [0.1, 0.15) is 0 Å². The maximum atomic E-state index is 8.57. The van der Waals surface area contributed by atoms with Crippen LogP contribution in [0.25, 0.3) is 0 Å². The van der Waals surface area contributed by atoms with Gasteiger partial charge in [-0.25, -0.2) is 4.99 Å². The molecule has 1 rings (SSSR count). The lowest BCUT2D eigenvalue weighted by Crippen LogP contribution is -2.12. The van der Waals surface area contributed by atoms with Gasteiger partial charge in [-0.2, -0.15) is 5.26 Å². The fourth-order valence-corrected chi connectivity index (χ4v) is 2.25. The molecule has 0 atom stereocenters. The van der Waals surface area contributed by atoms with Crippen molar-refractivity contribution in [1.82, 2.24) is 5.32 Å². The summed E-state index contributed by atoms with van der Waals surface area (Å²) in [5, 5.41) is 11.7. The molecule has 0 bridgehead atoms. The molecule has 0 aromatic heterocycles. The molecule has 0 saturated carbocycles. The molecule has 90 valence electrons. The number of halogens is 1. The fourth-order valence-electron chi connectivity index (χ4n) is 1.25. The van der Waals surface area contributed by atoms with Gasteiger partial charge in [0.15, 0.2) is 11.4 Å². The molecule has 0 aliphatic heterocycles. The quantitative estimate of drug-likeness (QED) is 0.287. The second kappa shape index (κ2) is 6.87. The predicted molar refractivity (Wildman–Crippen MR) is 82.6 cm³/mol. The third-order valence-electron chi connectivity index (χ3n) is 2.22. The SMILES string of the molecule is CSC(=Nc1ccc(C(C)C)cc1I)NC#N. The van der Waals surface area contributed by atoms with Gasteiger partial charge in [-0.05, 0) is 52.5 Å². The molecule has 1 aromatic rings. The van der Waals surface area contributed by atoms with Gasteiger partial charge in [-0.1, -0.05) is 31.7 Å². The Morgan fingerprint density at radius 1 is 1.53 bits per heavy atom. The fraction of sp³-hybridized carbons (Fsp3) is 0.333. The van der Waals surface area contributed by atoms with Gasteiger partial charge >= 0.3 is 0 Å². The number of aliphatic imine (C=N–C) groups is 1. The molecule has 0 spiro atoms. The maximum absolute atomic E-state index is 8.57. The zero-order chi connectivity index (χ0) is 12.8. The van der Waals surface area contributed by atoms with E-state index in [0.29, 0.717) is 11.1 Å². The number of nitrogens with zero attached hydrogens (tertiary/aromatic N) is 2. The molecule has 0 radical (unpaired) electrons. The average Bonchev–Trinajstić information content (AvgIpc) is 2.30. The topological polar surface area (TPSA) is 48.2 Å². The molecule has 5 heteroatoms. The molecule has 1 N–H and O–H groups in total. The van der Waals surface area contributed by atoms with Gasteiger partial charge in [-0.15, -0.1) is 0 Å². The van der Waals surface area contributed by atoms with E-state index in [-0.39, 0.29) is 0 Å². The van der Waals surface area contributed by atoms with E-state index in [9.17, 15) is 0 Å². The van der Waals surface area contributed by atoms with Crippen molar-refractivity contribution in [1.29, 1.82) is 5.26 Å². The number of hydrogen-bond acceptors (Lipinski definition) is 3. The molecule has 0 aliphatic rings. The van der Waals surface area contributed by atoms with Crippen molar-refractivity contribution in [2.24, 2.45) is 4.99 Å². The van der Waals surface area contributed by atoms with E-state index in [0.717, 1.165) is 9.26 Å². The van der Waals surface area contributed by atoms with Crippen LogP contribution in [-0.2, 0) is 0 Å². The minimum atomic E-state index is 0.513. The summed E-state index contributed by atoms with van der Waals surface area (Å²) in [4.78, 5) is 4.41. The molecule has 0 saturated heterocycles. The van der Waals surface area contributed by atoms with Crippen LogP contribution < -0.4 is 5.32 Å². The van der Waals surface area contributed by atoms with Crippen LogP contribution in [0.15, 0.2) is 23.2 Å². The zero-order valence-corrected chi connectivity index (χ0v) is 13.0. The van der Waals surface area contributed by atoms with Crippen molar-refractivity contribution < 1.29 is 0 Å². The second-order valence-electron chi connectivity index (χ2n) is 3.72. The van der Waals surface area contributed by atoms with Crippen molar-refractivity contribution in [2.45, 2.75) is 19.8 Å². The van der Waals surface area contributed by atoms with Crippen molar-refractivity contribution >= 4 is 45.2 Å². The lowest BCUT2D eigenvalue weighted by molar-refractivity contribution is 0.865. The number of hydrogen-bond donors (Lipinski definition) is 1. The highest BCUT2D eigenvalue weighted by atomic mass is 127. The van der Waals surface area contributed by atoms with Crippen LogP contribution in [0.5, 0.6) is 0 Å². The maximum Gasteiger partial charge on any atom is 0.183 e. The highest BCUT2D eigenvalue weighted by Gasteiger charge is 2.05. The monoisotopic (exact) mass is 359 g/mol. The Labute approximate surface area is 120 Å². The number of amidine groups is 1. The van der Waals surface area contributed by atoms with E-state index in [2.05, 4.69) is 58.9 Å². The Bertz CT molecular complexity index is 463. The summed E-state index contributed by atoms with van der Waals surface area (Å²) < 4.78 is 1.10. The van der Waals surface area contributed by atoms with E-state index in [1.54, 1.807) is 0 Å². The first-order valence-corrected chi connectivity index (χ1v) is 7.46. The Morgan fingerprint density at radius 3 is 2.71 bits per heavy atom. The molecular weight excluding hydrogens is 345 g/mol. The van der Waals surface area contributed by atoms with Gasteiger partial charge in [0.25, 0.3) is 0 Å². The van der Waals surface area contributed by atoms with Crippen molar-refractivity contribution in [2.75, 3.05) is 6.26 Å². The lowest BCUT2D eigenvalue weighted by atomic mass is 10.0. The third-order valence-corrected chi connectivity index (χ3v) is 3.66. The van der Waals surface area contributed by atoms with E-state index >= 15 is 0 Å². The molecule has 0 fully saturated rings. The summed E-state index contributed by atoms with van der Waals surface area (Å²) in [5.41, 5.74) is 2.19. The average molecular weight is 359 g/mol. The summed E-state index contributed by atoms with van der Waals surface area (Å²) in [6, 6.07) is 6.21. The highest BCUT2D eigenvalue weighted by Crippen LogP contribution is 2.26. The number of nitrogens with one attached hydrogen (secondary N) is 1. The predicted octanol–water partition coefficient (Wildman–Crippen LogP) is 3.84. The smallest absolute Gasteiger partial charge is 0.183 e. The van der Waals surface area contributed by atoms with Crippen LogP contribution >= 0.6 is 34.4 Å². The Hall–Kier alpha value is -0.740. The molecule has 17 heavy (non-hydrogen) atoms. The normalized spacial score (nSPS) is 11.4. The van der Waals surface area contributed by atoms with Crippen molar-refractivity contribution in [3.05, 3.63) is 27.3 Å². The van der Waals surface area contributed by atoms with E-state index < -0.39 is 0 Å². The largest absolute Gasteiger partial charge is 0.271 e. The van der Waals surface area contributed by atoms with Crippen LogP contribution in [0.1, 0.15) is 25.3 Å². The first kappa shape index (κ1) is 14.3. The molecule has 0 heterocycles. The minimum Gasteiger partial charge on any atom is -0.271 e. The Morgan fingerprint density at radius 2 is 2.24 bits per heavy atom. The number of nitriles is 1. The van der Waals surface area contributed by atoms with Crippen LogP contribution in [0, 0.1) is 15.0 Å². The van der Waals surface area contributed by atoms with Crippen molar-refractivity contribution in [3.63, 3.8) is 0 Å². The van der Waals surface area contributed by atoms with Crippen LogP contribution in [0.3, 0.4) is 0 Å². The molecule has 0 aliphatic carbocycles. The molecule has 1 aromatic carbocycles. The van der Waals surface area contributed by atoms with Gasteiger partial charge < -0.3 is 0 Å². The van der Waals surface area contributed by atoms with E-state index in [4.69, 9.17) is 5.26 Å². The van der Waals surface area contributed by atoms with Gasteiger partial charge in [0.2, 0.25) is 0 Å². The summed E-state index contributed by atoms with van der Waals surface area (Å²) in [5.74, 6) is 0.513. The van der Waals surface area contributed by atoms with E-state index in [1.807, 2.05) is 18.5 Å². The van der Waals surface area contributed by atoms with Gasteiger partial charge in [-0.3, -0.25) is 5.32 Å². The van der Waals surface area contributed by atoms with Crippen LogP contribution in [-0.4, -0.2) is 11.4 Å². The van der Waals surface area contributed by atoms with Crippen molar-refractivity contribution in [3.8, 4) is 6.19 Å². The van der Waals surface area contributed by atoms with E-state index in [1.165, 1.54) is 17.3 Å². The number of rotatable bonds is 2. The zero-order valence-electron chi connectivity index (χ0n) is 9.99. The van der Waals surface area contributed by atoms with Gasteiger partial charge in [0, 0.05) is 3.57 Å². The molecule has 0 unspecified atom stereocenters. The Kier molecular flexibility index (Phi) is 5.78. The summed E-state index contributed by atoms with van der Waals surface area (Å²) in [7, 11) is 0. The standard InChI is InChI=1S/C12H14IN3S/c1-8(2)9-4-5-11(10(13)6-9)16-12(17-3)15-7-14/h4-6,8H,1-3H3,(H,15,16). The molecule has 3 nitrogen and oxygen atoms in total. The molecule has 0 amide bonds. The molecular formula is C12H14IN3S. The summed E-state index contributed by atoms with van der Waals surface area (Å²) >= 11 is 3.69. The lowest BCUT2D eigenvalue weighted by Gasteiger charge is -2.08. The number of benzene rings is 1. The van der Waals surface area contributed by atoms with Gasteiger partial charge in [0.05, 0.1) is 5.69 Å². The first-order valence-electron chi connectivity index (χ1n) is 5.15. The van der Waals surface area contributed by atoms with Crippen LogP contribution in [0.2, 0.25) is 0 Å². The minimum absolute atomic E-state index is 0.513. The Balaban J connectivity index is 3.04. The summed E-state index contributed by atoms with van der Waals surface area (Å²) in [6.07, 6.45) is 3.77. The number of thioether (sulfide) groups is 1. The second-order valence-corrected chi connectivity index (χ2v) is 5.68. The third kappa shape index (κ3) is 4.21. The summed E-state index contributed by atoms with van der Waals surface area (Å²) in [6.45, 7) is 4.33. The highest BCUT2D eigenvalue weighted by molar-refractivity contribution is 14.1.